The molecule has 0 aliphatic rings. The van der Waals surface area contributed by atoms with Crippen molar-refractivity contribution in [2.75, 3.05) is 0 Å². The normalized spacial score (nSPS) is 9.36. The Morgan fingerprint density at radius 2 is 1.52 bits per heavy atom. The van der Waals surface area contributed by atoms with Crippen LogP contribution >= 0.6 is 0 Å². The minimum absolute atomic E-state index is 0.226. The average molecular weight is 333 g/mol. The summed E-state index contributed by atoms with van der Waals surface area (Å²) in [4.78, 5) is 0. The van der Waals surface area contributed by atoms with E-state index < -0.39 is 17.2 Å². The number of unbranched alkanes of at least 4 members (excludes halogenated alkanes) is 2. The summed E-state index contributed by atoms with van der Waals surface area (Å²) in [5.74, 6) is 8.15. The maximum Gasteiger partial charge on any atom is 0.152 e. The molecule has 2 rings (SSSR count). The van der Waals surface area contributed by atoms with Crippen molar-refractivity contribution < 1.29 is 8.78 Å². The van der Waals surface area contributed by atoms with E-state index in [1.165, 1.54) is 30.9 Å². The lowest BCUT2D eigenvalue weighted by molar-refractivity contribution is 0.577. The molecular weight excluding hydrogens is 316 g/mol. The zero-order chi connectivity index (χ0) is 18.1. The van der Waals surface area contributed by atoms with Gasteiger partial charge in [-0.15, -0.1) is 0 Å². The van der Waals surface area contributed by atoms with Crippen molar-refractivity contribution in [1.82, 2.24) is 0 Å². The number of hydrogen-bond donors (Lipinski definition) is 0. The third kappa shape index (κ3) is 5.49. The molecule has 0 heterocycles. The lowest BCUT2D eigenvalue weighted by Gasteiger charge is -2.00. The summed E-state index contributed by atoms with van der Waals surface area (Å²) in [6, 6.07) is 11.7. The van der Waals surface area contributed by atoms with Crippen LogP contribution in [0.5, 0.6) is 0 Å². The van der Waals surface area contributed by atoms with E-state index in [4.69, 9.17) is 5.26 Å². The first-order valence-electron chi connectivity index (χ1n) is 8.14. The van der Waals surface area contributed by atoms with Gasteiger partial charge in [0.15, 0.2) is 6.07 Å². The van der Waals surface area contributed by atoms with Crippen LogP contribution in [0.1, 0.15) is 48.4 Å². The van der Waals surface area contributed by atoms with Gasteiger partial charge in [0, 0.05) is 17.0 Å². The van der Waals surface area contributed by atoms with Gasteiger partial charge in [-0.1, -0.05) is 43.7 Å². The molecule has 0 saturated heterocycles. The Bertz CT molecular complexity index is 874. The monoisotopic (exact) mass is 333 g/mol. The summed E-state index contributed by atoms with van der Waals surface area (Å²) in [6.45, 7) is 2.17. The molecule has 124 valence electrons. The summed E-state index contributed by atoms with van der Waals surface area (Å²) in [7, 11) is 0. The molecule has 1 nitrogen and oxygen atoms in total. The molecule has 0 spiro atoms. The number of benzene rings is 2. The van der Waals surface area contributed by atoms with Gasteiger partial charge in [-0.05, 0) is 48.6 Å². The van der Waals surface area contributed by atoms with Gasteiger partial charge in [0.25, 0.3) is 0 Å². The fourth-order valence-electron chi connectivity index (χ4n) is 2.33. The molecule has 0 bridgehead atoms. The first-order valence-corrected chi connectivity index (χ1v) is 8.14. The Kier molecular flexibility index (Phi) is 6.76. The maximum atomic E-state index is 13.8. The standard InChI is InChI=1S/C22H17F2N/c1-2-3-4-6-17-8-10-18(11-9-17)12-13-19-15-21(23)20(7-5-14-25)22(24)16-19/h8-11,15-16H,2-4,6H2,1H3. The van der Waals surface area contributed by atoms with Gasteiger partial charge in [0.05, 0.1) is 5.56 Å². The maximum absolute atomic E-state index is 13.8. The van der Waals surface area contributed by atoms with Crippen LogP contribution in [0.3, 0.4) is 0 Å². The fourth-order valence-corrected chi connectivity index (χ4v) is 2.33. The van der Waals surface area contributed by atoms with Crippen LogP contribution < -0.4 is 0 Å². The molecular formula is C22H17F2N. The largest absolute Gasteiger partial charge is 0.205 e. The SMILES string of the molecule is CCCCCc1ccc(C#Cc2cc(F)c(C#CC#N)c(F)c2)cc1. The van der Waals surface area contributed by atoms with Crippen molar-refractivity contribution in [2.45, 2.75) is 32.6 Å². The molecule has 25 heavy (non-hydrogen) atoms. The molecule has 0 aliphatic carbocycles. The predicted molar refractivity (Wildman–Crippen MR) is 94.5 cm³/mol. The lowest BCUT2D eigenvalue weighted by atomic mass is 10.1. The van der Waals surface area contributed by atoms with Crippen LogP contribution in [0.15, 0.2) is 36.4 Å². The Balaban J connectivity index is 2.14. The molecule has 0 fully saturated rings. The van der Waals surface area contributed by atoms with Gasteiger partial charge in [0.1, 0.15) is 11.6 Å². The van der Waals surface area contributed by atoms with Crippen molar-refractivity contribution in [1.29, 1.82) is 5.26 Å². The molecule has 0 aliphatic heterocycles. The van der Waals surface area contributed by atoms with Crippen molar-refractivity contribution in [2.24, 2.45) is 0 Å². The van der Waals surface area contributed by atoms with E-state index in [2.05, 4.69) is 24.7 Å². The quantitative estimate of drug-likeness (QED) is 0.572. The Morgan fingerprint density at radius 1 is 0.880 bits per heavy atom. The van der Waals surface area contributed by atoms with Gasteiger partial charge in [-0.25, -0.2) is 8.78 Å². The van der Waals surface area contributed by atoms with Crippen LogP contribution in [0, 0.1) is 46.6 Å². The molecule has 2 aromatic carbocycles. The first-order chi connectivity index (χ1) is 12.1. The number of nitriles is 1. The molecule has 0 aromatic heterocycles. The highest BCUT2D eigenvalue weighted by molar-refractivity contribution is 5.48. The van der Waals surface area contributed by atoms with Crippen molar-refractivity contribution in [3.8, 4) is 29.8 Å². The van der Waals surface area contributed by atoms with E-state index in [0.717, 1.165) is 24.1 Å². The highest BCUT2D eigenvalue weighted by atomic mass is 19.1. The van der Waals surface area contributed by atoms with Gasteiger partial charge in [-0.3, -0.25) is 0 Å². The minimum atomic E-state index is -0.821. The molecule has 3 heteroatoms. The van der Waals surface area contributed by atoms with E-state index in [9.17, 15) is 8.78 Å². The molecule has 2 aromatic rings. The molecule has 0 atom stereocenters. The number of rotatable bonds is 4. The Labute approximate surface area is 147 Å². The summed E-state index contributed by atoms with van der Waals surface area (Å²) in [5, 5.41) is 8.36. The molecule has 0 N–H and O–H groups in total. The van der Waals surface area contributed by atoms with Crippen molar-refractivity contribution in [3.63, 3.8) is 0 Å². The Hall–Kier alpha value is -3.09. The minimum Gasteiger partial charge on any atom is -0.205 e. The number of aryl methyl sites for hydroxylation is 1. The smallest absolute Gasteiger partial charge is 0.152 e. The zero-order valence-electron chi connectivity index (χ0n) is 14.0. The second-order valence-corrected chi connectivity index (χ2v) is 5.58. The summed E-state index contributed by atoms with van der Waals surface area (Å²) >= 11 is 0. The average Bonchev–Trinajstić information content (AvgIpc) is 2.61. The highest BCUT2D eigenvalue weighted by Crippen LogP contribution is 2.14. The van der Waals surface area contributed by atoms with Gasteiger partial charge in [-0.2, -0.15) is 5.26 Å². The van der Waals surface area contributed by atoms with Gasteiger partial charge in [0.2, 0.25) is 0 Å². The van der Waals surface area contributed by atoms with Crippen molar-refractivity contribution in [3.05, 3.63) is 70.3 Å². The van der Waals surface area contributed by atoms with E-state index in [1.54, 1.807) is 0 Å². The molecule has 0 amide bonds. The van der Waals surface area contributed by atoms with Crippen LogP contribution in [-0.2, 0) is 6.42 Å². The van der Waals surface area contributed by atoms with E-state index in [1.807, 2.05) is 30.2 Å². The van der Waals surface area contributed by atoms with E-state index >= 15 is 0 Å². The second-order valence-electron chi connectivity index (χ2n) is 5.58. The molecule has 0 radical (unpaired) electrons. The van der Waals surface area contributed by atoms with Crippen LogP contribution in [0.4, 0.5) is 8.78 Å². The molecule has 0 unspecified atom stereocenters. The van der Waals surface area contributed by atoms with Crippen LogP contribution in [0.25, 0.3) is 0 Å². The summed E-state index contributed by atoms with van der Waals surface area (Å²) < 4.78 is 27.7. The lowest BCUT2D eigenvalue weighted by Crippen LogP contribution is -1.92. The highest BCUT2D eigenvalue weighted by Gasteiger charge is 2.08. The molecule has 0 saturated carbocycles. The summed E-state index contributed by atoms with van der Waals surface area (Å²) in [5.41, 5.74) is 1.86. The van der Waals surface area contributed by atoms with Crippen LogP contribution in [0.2, 0.25) is 0 Å². The zero-order valence-corrected chi connectivity index (χ0v) is 14.0. The topological polar surface area (TPSA) is 23.8 Å². The van der Waals surface area contributed by atoms with E-state index in [0.29, 0.717) is 0 Å². The number of halogens is 2. The number of hydrogen-bond acceptors (Lipinski definition) is 1. The third-order valence-electron chi connectivity index (χ3n) is 3.66. The van der Waals surface area contributed by atoms with E-state index in [-0.39, 0.29) is 5.56 Å². The van der Waals surface area contributed by atoms with Gasteiger partial charge < -0.3 is 0 Å². The van der Waals surface area contributed by atoms with Crippen molar-refractivity contribution >= 4 is 0 Å². The number of nitrogens with zero attached hydrogens (tertiary/aromatic N) is 1. The third-order valence-corrected chi connectivity index (χ3v) is 3.66. The second kappa shape index (κ2) is 9.27. The van der Waals surface area contributed by atoms with Gasteiger partial charge >= 0.3 is 0 Å². The summed E-state index contributed by atoms with van der Waals surface area (Å²) in [6.07, 6.45) is 4.62. The van der Waals surface area contributed by atoms with Crippen LogP contribution in [-0.4, -0.2) is 0 Å². The Morgan fingerprint density at radius 3 is 2.12 bits per heavy atom. The first kappa shape index (κ1) is 18.3. The fraction of sp³-hybridized carbons (Fsp3) is 0.227. The predicted octanol–water partition coefficient (Wildman–Crippen LogP) is 4.97.